The molecule has 0 radical (unpaired) electrons. The number of furan rings is 1. The molecule has 0 bridgehead atoms. The van der Waals surface area contributed by atoms with E-state index in [2.05, 4.69) is 143 Å². The molecule has 0 saturated carbocycles. The third kappa shape index (κ3) is 3.76. The lowest BCUT2D eigenvalue weighted by Gasteiger charge is -2.15. The second kappa shape index (κ2) is 10.2. The Morgan fingerprint density at radius 2 is 1.23 bits per heavy atom. The van der Waals surface area contributed by atoms with Gasteiger partial charge in [0.2, 0.25) is 0 Å². The molecule has 0 atom stereocenters. The molecule has 0 aliphatic carbocycles. The molecular formula is C44H27N3O. The maximum absolute atomic E-state index is 10.4. The van der Waals surface area contributed by atoms with Crippen LogP contribution in [0.1, 0.15) is 11.1 Å². The molecule has 224 valence electrons. The number of fused-ring (bicyclic) bond motifs is 10. The topological polar surface area (TPSA) is 46.8 Å². The molecule has 0 N–H and O–H groups in total. The first kappa shape index (κ1) is 26.6. The van der Waals surface area contributed by atoms with Crippen molar-refractivity contribution in [3.05, 3.63) is 163 Å². The molecule has 10 rings (SSSR count). The van der Waals surface area contributed by atoms with E-state index in [9.17, 15) is 5.26 Å². The minimum Gasteiger partial charge on any atom is -0.455 e. The molecule has 7 aromatic carbocycles. The predicted molar refractivity (Wildman–Crippen MR) is 197 cm³/mol. The van der Waals surface area contributed by atoms with Crippen molar-refractivity contribution >= 4 is 65.6 Å². The maximum Gasteiger partial charge on any atom is 0.145 e. The predicted octanol–water partition coefficient (Wildman–Crippen LogP) is 11.4. The zero-order valence-corrected chi connectivity index (χ0v) is 25.9. The van der Waals surface area contributed by atoms with Crippen LogP contribution in [0.4, 0.5) is 0 Å². The Balaban J connectivity index is 1.24. The van der Waals surface area contributed by atoms with Crippen LogP contribution in [-0.2, 0) is 6.54 Å². The minimum atomic E-state index is 0.576. The number of aromatic nitrogens is 2. The van der Waals surface area contributed by atoms with Crippen molar-refractivity contribution in [1.29, 1.82) is 5.26 Å². The van der Waals surface area contributed by atoms with Crippen molar-refractivity contribution in [3.63, 3.8) is 0 Å². The van der Waals surface area contributed by atoms with Gasteiger partial charge in [-0.05, 0) is 71.3 Å². The van der Waals surface area contributed by atoms with Crippen molar-refractivity contribution in [1.82, 2.24) is 9.13 Å². The Kier molecular flexibility index (Phi) is 5.67. The lowest BCUT2D eigenvalue weighted by molar-refractivity contribution is 0.673. The van der Waals surface area contributed by atoms with E-state index in [1.807, 2.05) is 24.3 Å². The average Bonchev–Trinajstić information content (AvgIpc) is 3.79. The summed E-state index contributed by atoms with van der Waals surface area (Å²) in [5.41, 5.74) is 11.2. The highest BCUT2D eigenvalue weighted by atomic mass is 16.3. The van der Waals surface area contributed by atoms with Crippen molar-refractivity contribution < 1.29 is 4.42 Å². The minimum absolute atomic E-state index is 0.576. The van der Waals surface area contributed by atoms with Gasteiger partial charge >= 0.3 is 0 Å². The quantitative estimate of drug-likeness (QED) is 0.198. The average molecular weight is 614 g/mol. The monoisotopic (exact) mass is 613 g/mol. The van der Waals surface area contributed by atoms with Crippen molar-refractivity contribution in [2.45, 2.75) is 6.54 Å². The van der Waals surface area contributed by atoms with Crippen LogP contribution in [0.2, 0.25) is 0 Å². The molecule has 4 heteroatoms. The molecule has 4 nitrogen and oxygen atoms in total. The summed E-state index contributed by atoms with van der Waals surface area (Å²) in [7, 11) is 0. The highest BCUT2D eigenvalue weighted by molar-refractivity contribution is 6.24. The van der Waals surface area contributed by atoms with Crippen LogP contribution >= 0.6 is 0 Å². The Bertz CT molecular complexity index is 2880. The fourth-order valence-corrected chi connectivity index (χ4v) is 7.77. The highest BCUT2D eigenvalue weighted by Crippen LogP contribution is 2.42. The van der Waals surface area contributed by atoms with E-state index in [0.29, 0.717) is 12.1 Å². The molecule has 0 spiro atoms. The zero-order chi connectivity index (χ0) is 31.8. The fraction of sp³-hybridized carbons (Fsp3) is 0.0227. The molecule has 10 aromatic rings. The van der Waals surface area contributed by atoms with Gasteiger partial charge in [-0.25, -0.2) is 0 Å². The van der Waals surface area contributed by atoms with E-state index >= 15 is 0 Å². The van der Waals surface area contributed by atoms with Crippen LogP contribution in [0, 0.1) is 11.3 Å². The maximum atomic E-state index is 10.4. The van der Waals surface area contributed by atoms with Gasteiger partial charge in [-0.3, -0.25) is 0 Å². The second-order valence-corrected chi connectivity index (χ2v) is 12.4. The van der Waals surface area contributed by atoms with Gasteiger partial charge in [0.1, 0.15) is 11.2 Å². The van der Waals surface area contributed by atoms with Gasteiger partial charge in [-0.15, -0.1) is 0 Å². The molecule has 0 saturated heterocycles. The number of rotatable bonds is 4. The van der Waals surface area contributed by atoms with E-state index in [0.717, 1.165) is 77.2 Å². The normalized spacial score (nSPS) is 11.8. The molecule has 0 aliphatic rings. The first-order valence-electron chi connectivity index (χ1n) is 16.2. The van der Waals surface area contributed by atoms with E-state index in [1.165, 1.54) is 10.8 Å². The van der Waals surface area contributed by atoms with Crippen LogP contribution in [0.5, 0.6) is 0 Å². The third-order valence-electron chi connectivity index (χ3n) is 9.89. The summed E-state index contributed by atoms with van der Waals surface area (Å²) in [6.45, 7) is 0.576. The molecule has 0 amide bonds. The number of hydrogen-bond donors (Lipinski definition) is 0. The van der Waals surface area contributed by atoms with Crippen LogP contribution in [0.25, 0.3) is 82.4 Å². The van der Waals surface area contributed by atoms with Gasteiger partial charge in [0.25, 0.3) is 0 Å². The largest absolute Gasteiger partial charge is 0.455 e. The number of benzene rings is 7. The summed E-state index contributed by atoms with van der Waals surface area (Å²) >= 11 is 0. The molecule has 3 heterocycles. The van der Waals surface area contributed by atoms with E-state index in [-0.39, 0.29) is 0 Å². The van der Waals surface area contributed by atoms with Gasteiger partial charge in [0, 0.05) is 43.7 Å². The van der Waals surface area contributed by atoms with Crippen molar-refractivity contribution in [2.75, 3.05) is 0 Å². The van der Waals surface area contributed by atoms with Crippen LogP contribution < -0.4 is 0 Å². The number of hydrogen-bond acceptors (Lipinski definition) is 2. The summed E-state index contributed by atoms with van der Waals surface area (Å²) in [5.74, 6) is 0. The zero-order valence-electron chi connectivity index (χ0n) is 25.9. The summed E-state index contributed by atoms with van der Waals surface area (Å²) in [6.07, 6.45) is 0. The van der Waals surface area contributed by atoms with Gasteiger partial charge in [0.05, 0.1) is 34.6 Å². The lowest BCUT2D eigenvalue weighted by atomic mass is 9.94. The Morgan fingerprint density at radius 3 is 2.00 bits per heavy atom. The molecule has 48 heavy (non-hydrogen) atoms. The fourth-order valence-electron chi connectivity index (χ4n) is 7.77. The van der Waals surface area contributed by atoms with Crippen LogP contribution in [0.15, 0.2) is 156 Å². The Hall–Kier alpha value is -6.57. The van der Waals surface area contributed by atoms with Crippen LogP contribution in [-0.4, -0.2) is 9.13 Å². The summed E-state index contributed by atoms with van der Waals surface area (Å²) < 4.78 is 11.2. The molecule has 3 aromatic heterocycles. The third-order valence-corrected chi connectivity index (χ3v) is 9.89. The van der Waals surface area contributed by atoms with Gasteiger partial charge in [-0.1, -0.05) is 97.1 Å². The summed E-state index contributed by atoms with van der Waals surface area (Å²) in [6, 6.07) is 55.5. The standard InChI is InChI=1S/C44H27N3O/c45-26-29-11-10-17-31(37(29)27-46-38-18-7-4-14-32(38)33-15-5-8-19-39(33)46)28-21-22-36-41(25-28)47(30-12-2-1-3-13-30)40-24-23-35-34-16-6-9-20-42(34)48-44(35)43(36)40/h1-25H,27H2. The summed E-state index contributed by atoms with van der Waals surface area (Å²) in [4.78, 5) is 0. The first-order chi connectivity index (χ1) is 23.8. The number of nitrogens with zero attached hydrogens (tertiary/aromatic N) is 3. The smallest absolute Gasteiger partial charge is 0.145 e. The van der Waals surface area contributed by atoms with E-state index in [1.54, 1.807) is 0 Å². The highest BCUT2D eigenvalue weighted by Gasteiger charge is 2.21. The van der Waals surface area contributed by atoms with Crippen LogP contribution in [0.3, 0.4) is 0 Å². The Labute approximate surface area is 275 Å². The Morgan fingerprint density at radius 1 is 0.542 bits per heavy atom. The van der Waals surface area contributed by atoms with Crippen molar-refractivity contribution in [3.8, 4) is 22.9 Å². The lowest BCUT2D eigenvalue weighted by Crippen LogP contribution is -2.04. The van der Waals surface area contributed by atoms with Crippen molar-refractivity contribution in [2.24, 2.45) is 0 Å². The molecular weight excluding hydrogens is 587 g/mol. The van der Waals surface area contributed by atoms with Gasteiger partial charge in [0.15, 0.2) is 0 Å². The summed E-state index contributed by atoms with van der Waals surface area (Å²) in [5, 5.41) is 17.3. The molecule has 0 aliphatic heterocycles. The number of para-hydroxylation sites is 4. The van der Waals surface area contributed by atoms with E-state index in [4.69, 9.17) is 4.42 Å². The first-order valence-corrected chi connectivity index (χ1v) is 16.2. The van der Waals surface area contributed by atoms with E-state index < -0.39 is 0 Å². The number of nitriles is 1. The van der Waals surface area contributed by atoms with Gasteiger partial charge in [-0.2, -0.15) is 5.26 Å². The molecule has 0 fully saturated rings. The second-order valence-electron chi connectivity index (χ2n) is 12.4. The molecule has 0 unspecified atom stereocenters. The SMILES string of the molecule is N#Cc1cccc(-c2ccc3c4c5oc6ccccc6c5ccc4n(-c4ccccc4)c3c2)c1Cn1c2ccccc2c2ccccc21. The van der Waals surface area contributed by atoms with Gasteiger partial charge < -0.3 is 13.6 Å².